The first-order chi connectivity index (χ1) is 10.8. The van der Waals surface area contributed by atoms with Gasteiger partial charge in [-0.1, -0.05) is 54.6 Å². The molecule has 1 aromatic heterocycles. The predicted molar refractivity (Wildman–Crippen MR) is 86.5 cm³/mol. The van der Waals surface area contributed by atoms with Crippen LogP contribution in [-0.4, -0.2) is 14.3 Å². The van der Waals surface area contributed by atoms with Crippen LogP contribution in [0.1, 0.15) is 22.5 Å². The topological polar surface area (TPSA) is 39.8 Å². The fourth-order valence-electron chi connectivity index (χ4n) is 2.78. The Morgan fingerprint density at radius 3 is 2.64 bits per heavy atom. The molecule has 0 atom stereocenters. The van der Waals surface area contributed by atoms with Crippen molar-refractivity contribution in [2.45, 2.75) is 13.0 Å². The van der Waals surface area contributed by atoms with Gasteiger partial charge in [-0.15, -0.1) is 0 Å². The third-order valence-electron chi connectivity index (χ3n) is 3.92. The average Bonchev–Trinajstić information content (AvgIpc) is 2.73. The molecule has 4 rings (SSSR count). The smallest absolute Gasteiger partial charge is 0.253 e. The highest BCUT2D eigenvalue weighted by molar-refractivity contribution is 5.65. The fraction of sp³-hybridized carbons (Fsp3) is 0.111. The molecule has 0 radical (unpaired) electrons. The highest BCUT2D eigenvalue weighted by atomic mass is 16.2. The van der Waals surface area contributed by atoms with E-state index in [4.69, 9.17) is 0 Å². The highest BCUT2D eigenvalue weighted by Crippen LogP contribution is 2.18. The van der Waals surface area contributed by atoms with Crippen LogP contribution in [0, 0.1) is 0 Å². The van der Waals surface area contributed by atoms with Crippen LogP contribution < -0.4 is 5.69 Å². The molecule has 0 aliphatic carbocycles. The summed E-state index contributed by atoms with van der Waals surface area (Å²) in [6.07, 6.45) is 4.46. The first-order valence-electron chi connectivity index (χ1n) is 7.29. The molecule has 0 N–H and O–H groups in total. The third-order valence-corrected chi connectivity index (χ3v) is 3.92. The van der Waals surface area contributed by atoms with E-state index in [0.29, 0.717) is 13.0 Å². The Balaban J connectivity index is 1.75. The van der Waals surface area contributed by atoms with Crippen molar-refractivity contribution in [1.29, 1.82) is 0 Å². The average molecular weight is 289 g/mol. The van der Waals surface area contributed by atoms with Crippen molar-refractivity contribution < 1.29 is 0 Å². The Bertz CT molecular complexity index is 904. The molecular formula is C18H15N3O. The van der Waals surface area contributed by atoms with Crippen molar-refractivity contribution in [2.24, 2.45) is 0 Å². The summed E-state index contributed by atoms with van der Waals surface area (Å²) in [6.45, 7) is 0.495. The summed E-state index contributed by atoms with van der Waals surface area (Å²) in [7, 11) is 0. The van der Waals surface area contributed by atoms with Gasteiger partial charge in [0.25, 0.3) is 0 Å². The number of fused-ring (bicyclic) bond motifs is 2. The summed E-state index contributed by atoms with van der Waals surface area (Å²) in [4.78, 5) is 12.5. The minimum Gasteiger partial charge on any atom is -0.253 e. The molecule has 0 bridgehead atoms. The van der Waals surface area contributed by atoms with Gasteiger partial charge in [0.2, 0.25) is 0 Å². The monoisotopic (exact) mass is 289 g/mol. The standard InChI is InChI=1S/C18H15N3O/c22-18-20-11-10-15-8-4-5-9-16(15)12-17(20)19-21(18)13-14-6-2-1-3-7-14/h1-11H,12-13H2. The Morgan fingerprint density at radius 2 is 1.77 bits per heavy atom. The summed E-state index contributed by atoms with van der Waals surface area (Å²) in [5.41, 5.74) is 3.31. The molecule has 2 heterocycles. The summed E-state index contributed by atoms with van der Waals surface area (Å²) < 4.78 is 3.17. The van der Waals surface area contributed by atoms with Crippen LogP contribution in [0.5, 0.6) is 0 Å². The summed E-state index contributed by atoms with van der Waals surface area (Å²) >= 11 is 0. The van der Waals surface area contributed by atoms with Crippen LogP contribution in [0.15, 0.2) is 59.4 Å². The Labute approximate surface area is 128 Å². The first-order valence-corrected chi connectivity index (χ1v) is 7.29. The lowest BCUT2D eigenvalue weighted by Crippen LogP contribution is -2.23. The van der Waals surface area contributed by atoms with Crippen molar-refractivity contribution >= 4 is 12.3 Å². The Morgan fingerprint density at radius 1 is 1.00 bits per heavy atom. The minimum atomic E-state index is -0.0945. The normalized spacial score (nSPS) is 12.5. The van der Waals surface area contributed by atoms with Crippen molar-refractivity contribution in [2.75, 3.05) is 0 Å². The lowest BCUT2D eigenvalue weighted by atomic mass is 10.1. The van der Waals surface area contributed by atoms with Crippen LogP contribution in [-0.2, 0) is 13.0 Å². The van der Waals surface area contributed by atoms with Gasteiger partial charge in [-0.05, 0) is 22.8 Å². The largest absolute Gasteiger partial charge is 0.350 e. The molecule has 0 saturated carbocycles. The molecule has 3 aromatic rings. The molecule has 2 aromatic carbocycles. The van der Waals surface area contributed by atoms with E-state index >= 15 is 0 Å². The molecule has 0 unspecified atom stereocenters. The van der Waals surface area contributed by atoms with Crippen molar-refractivity contribution in [1.82, 2.24) is 14.3 Å². The minimum absolute atomic E-state index is 0.0945. The lowest BCUT2D eigenvalue weighted by Gasteiger charge is -2.02. The van der Waals surface area contributed by atoms with Crippen LogP contribution in [0.4, 0.5) is 0 Å². The van der Waals surface area contributed by atoms with Crippen LogP contribution in [0.25, 0.3) is 12.3 Å². The molecule has 0 spiro atoms. The predicted octanol–water partition coefficient (Wildman–Crippen LogP) is 2.63. The SMILES string of the molecule is O=c1n(Cc2ccccc2)nc2n1C=Cc1ccccc1C2. The highest BCUT2D eigenvalue weighted by Gasteiger charge is 2.15. The van der Waals surface area contributed by atoms with E-state index in [-0.39, 0.29) is 5.69 Å². The quantitative estimate of drug-likeness (QED) is 0.569. The molecule has 1 aliphatic rings. The molecule has 0 amide bonds. The maximum absolute atomic E-state index is 12.5. The van der Waals surface area contributed by atoms with E-state index in [9.17, 15) is 4.79 Å². The van der Waals surface area contributed by atoms with Crippen molar-refractivity contribution in [3.8, 4) is 0 Å². The molecule has 22 heavy (non-hydrogen) atoms. The number of rotatable bonds is 2. The second kappa shape index (κ2) is 5.15. The first kappa shape index (κ1) is 12.8. The molecule has 0 fully saturated rings. The van der Waals surface area contributed by atoms with E-state index in [1.807, 2.05) is 54.7 Å². The van der Waals surface area contributed by atoms with Gasteiger partial charge < -0.3 is 0 Å². The van der Waals surface area contributed by atoms with E-state index < -0.39 is 0 Å². The number of hydrogen-bond donors (Lipinski definition) is 0. The van der Waals surface area contributed by atoms with Gasteiger partial charge in [-0.25, -0.2) is 9.48 Å². The van der Waals surface area contributed by atoms with E-state index in [1.54, 1.807) is 4.57 Å². The van der Waals surface area contributed by atoms with Gasteiger partial charge in [0.05, 0.1) is 6.54 Å². The van der Waals surface area contributed by atoms with Gasteiger partial charge in [0, 0.05) is 12.6 Å². The zero-order valence-corrected chi connectivity index (χ0v) is 12.0. The van der Waals surface area contributed by atoms with E-state index in [0.717, 1.165) is 17.0 Å². The summed E-state index contributed by atoms with van der Waals surface area (Å²) in [5.74, 6) is 0.780. The second-order valence-electron chi connectivity index (χ2n) is 5.40. The zero-order valence-electron chi connectivity index (χ0n) is 12.0. The van der Waals surface area contributed by atoms with Crippen molar-refractivity contribution in [3.05, 3.63) is 87.6 Å². The zero-order chi connectivity index (χ0) is 14.9. The molecule has 4 heteroatoms. The fourth-order valence-corrected chi connectivity index (χ4v) is 2.78. The van der Waals surface area contributed by atoms with Gasteiger partial charge in [-0.2, -0.15) is 5.10 Å². The molecule has 0 saturated heterocycles. The van der Waals surface area contributed by atoms with Gasteiger partial charge >= 0.3 is 5.69 Å². The Hall–Kier alpha value is -2.88. The van der Waals surface area contributed by atoms with Gasteiger partial charge in [0.1, 0.15) is 5.82 Å². The van der Waals surface area contributed by atoms with Gasteiger partial charge in [0.15, 0.2) is 0 Å². The Kier molecular flexibility index (Phi) is 3.00. The van der Waals surface area contributed by atoms with Crippen LogP contribution in [0.2, 0.25) is 0 Å². The number of nitrogens with zero attached hydrogens (tertiary/aromatic N) is 3. The second-order valence-corrected chi connectivity index (χ2v) is 5.40. The van der Waals surface area contributed by atoms with Crippen molar-refractivity contribution in [3.63, 3.8) is 0 Å². The maximum atomic E-state index is 12.5. The molecule has 108 valence electrons. The van der Waals surface area contributed by atoms with E-state index in [1.165, 1.54) is 10.2 Å². The molecule has 4 nitrogen and oxygen atoms in total. The van der Waals surface area contributed by atoms with E-state index in [2.05, 4.69) is 17.2 Å². The maximum Gasteiger partial charge on any atom is 0.350 e. The number of benzene rings is 2. The number of hydrogen-bond acceptors (Lipinski definition) is 2. The van der Waals surface area contributed by atoms with Crippen LogP contribution >= 0.6 is 0 Å². The summed E-state index contributed by atoms with van der Waals surface area (Å²) in [6, 6.07) is 18.1. The molecule has 1 aliphatic heterocycles. The summed E-state index contributed by atoms with van der Waals surface area (Å²) in [5, 5.41) is 4.52. The molecular weight excluding hydrogens is 274 g/mol. The lowest BCUT2D eigenvalue weighted by molar-refractivity contribution is 0.650. The van der Waals surface area contributed by atoms with Gasteiger partial charge in [-0.3, -0.25) is 4.57 Å². The number of aromatic nitrogens is 3. The van der Waals surface area contributed by atoms with Crippen LogP contribution in [0.3, 0.4) is 0 Å². The third kappa shape index (κ3) is 2.19.